The molecule has 0 atom stereocenters. The molecule has 0 aliphatic carbocycles. The van der Waals surface area contributed by atoms with Crippen molar-refractivity contribution in [2.45, 2.75) is 99.3 Å². The van der Waals surface area contributed by atoms with E-state index in [0.717, 1.165) is 45.2 Å². The van der Waals surface area contributed by atoms with Crippen LogP contribution in [0.15, 0.2) is 18.6 Å². The minimum absolute atomic E-state index is 0.0600. The van der Waals surface area contributed by atoms with Crippen molar-refractivity contribution in [3.05, 3.63) is 11.1 Å². The van der Waals surface area contributed by atoms with Crippen molar-refractivity contribution >= 4 is 59.1 Å². The zero-order valence-corrected chi connectivity index (χ0v) is 23.0. The lowest BCUT2D eigenvalue weighted by atomic mass is 10.1. The van der Waals surface area contributed by atoms with Gasteiger partial charge in [-0.05, 0) is 25.4 Å². The van der Waals surface area contributed by atoms with Crippen molar-refractivity contribution in [3.63, 3.8) is 0 Å². The number of carbonyl (C=O) groups excluding carboxylic acids is 2. The fraction of sp³-hybridized carbons (Fsp3) is 0.667. The highest BCUT2D eigenvalue weighted by molar-refractivity contribution is 8.02. The van der Waals surface area contributed by atoms with Crippen molar-refractivity contribution in [2.24, 2.45) is 10.2 Å². The van der Waals surface area contributed by atoms with E-state index in [0.29, 0.717) is 12.8 Å². The van der Waals surface area contributed by atoms with Gasteiger partial charge in [-0.3, -0.25) is 9.59 Å². The third-order valence-corrected chi connectivity index (χ3v) is 8.56. The molecule has 0 unspecified atom stereocenters. The Hall–Kier alpha value is -1.32. The molecule has 33 heavy (non-hydrogen) atoms. The van der Waals surface area contributed by atoms with Crippen LogP contribution in [-0.2, 0) is 9.59 Å². The number of hydrogen-bond donors (Lipinski definition) is 2. The molecule has 0 spiro atoms. The van der Waals surface area contributed by atoms with Crippen LogP contribution in [0.25, 0.3) is 0 Å². The first-order valence-corrected chi connectivity index (χ1v) is 15.2. The Morgan fingerprint density at radius 1 is 0.727 bits per heavy atom. The van der Waals surface area contributed by atoms with Crippen LogP contribution in [0.5, 0.6) is 0 Å². The molecule has 0 aliphatic heterocycles. The number of rotatable bonds is 18. The maximum atomic E-state index is 12.1. The van der Waals surface area contributed by atoms with Crippen LogP contribution in [0.3, 0.4) is 0 Å². The average Bonchev–Trinajstić information content (AvgIpc) is 3.15. The van der Waals surface area contributed by atoms with Crippen LogP contribution in [0.1, 0.15) is 102 Å². The molecule has 9 heteroatoms. The van der Waals surface area contributed by atoms with Gasteiger partial charge in [0.05, 0.1) is 20.8 Å². The molecule has 1 aromatic rings. The van der Waals surface area contributed by atoms with E-state index >= 15 is 0 Å². The lowest BCUT2D eigenvalue weighted by Crippen LogP contribution is -2.17. The number of nitrogens with one attached hydrogen (secondary N) is 2. The molecule has 0 aliphatic rings. The molecule has 0 radical (unpaired) electrons. The molecule has 1 aromatic heterocycles. The van der Waals surface area contributed by atoms with E-state index in [1.165, 1.54) is 38.5 Å². The highest BCUT2D eigenvalue weighted by Gasteiger charge is 2.15. The second kappa shape index (κ2) is 19.0. The summed E-state index contributed by atoms with van der Waals surface area (Å²) in [5.41, 5.74) is 7.12. The van der Waals surface area contributed by atoms with Crippen LogP contribution in [0.2, 0.25) is 0 Å². The van der Waals surface area contributed by atoms with Gasteiger partial charge >= 0.3 is 0 Å². The van der Waals surface area contributed by atoms with Gasteiger partial charge in [0.2, 0.25) is 11.8 Å². The zero-order chi connectivity index (χ0) is 24.3. The summed E-state index contributed by atoms with van der Waals surface area (Å²) in [5.74, 6) is -0.120. The minimum Gasteiger partial charge on any atom is -0.273 e. The molecule has 0 fully saturated rings. The predicted molar refractivity (Wildman–Crippen MR) is 146 cm³/mol. The molecule has 0 aromatic carbocycles. The van der Waals surface area contributed by atoms with E-state index in [1.54, 1.807) is 47.3 Å². The summed E-state index contributed by atoms with van der Waals surface area (Å²) in [6.45, 7) is 4.36. The first-order valence-electron chi connectivity index (χ1n) is 12.0. The van der Waals surface area contributed by atoms with Crippen LogP contribution in [-0.4, -0.2) is 36.8 Å². The molecule has 0 bridgehead atoms. The van der Waals surface area contributed by atoms with Crippen LogP contribution >= 0.6 is 34.9 Å². The first kappa shape index (κ1) is 29.7. The number of unbranched alkanes of at least 4 members (excludes halogenated alkanes) is 8. The van der Waals surface area contributed by atoms with Gasteiger partial charge in [0.15, 0.2) is 0 Å². The lowest BCUT2D eigenvalue weighted by Gasteiger charge is -2.02. The molecule has 6 nitrogen and oxygen atoms in total. The average molecular weight is 513 g/mol. The molecule has 0 saturated carbocycles. The van der Waals surface area contributed by atoms with E-state index in [2.05, 4.69) is 34.9 Å². The molecule has 1 heterocycles. The quantitative estimate of drug-likeness (QED) is 0.0979. The zero-order valence-electron chi connectivity index (χ0n) is 20.6. The normalized spacial score (nSPS) is 11.5. The van der Waals surface area contributed by atoms with Gasteiger partial charge < -0.3 is 0 Å². The summed E-state index contributed by atoms with van der Waals surface area (Å²) in [4.78, 5) is 24.1. The van der Waals surface area contributed by atoms with E-state index in [9.17, 15) is 9.59 Å². The largest absolute Gasteiger partial charge is 0.273 e. The van der Waals surface area contributed by atoms with Crippen molar-refractivity contribution < 1.29 is 9.59 Å². The molecule has 2 amide bonds. The third-order valence-electron chi connectivity index (χ3n) is 5.07. The van der Waals surface area contributed by atoms with Gasteiger partial charge in [0.25, 0.3) is 0 Å². The van der Waals surface area contributed by atoms with E-state index in [1.807, 2.05) is 12.5 Å². The second-order valence-corrected chi connectivity index (χ2v) is 11.0. The van der Waals surface area contributed by atoms with Crippen molar-refractivity contribution in [1.29, 1.82) is 0 Å². The number of nitrogens with zero attached hydrogens (tertiary/aromatic N) is 2. The number of thiophene rings is 1. The monoisotopic (exact) mass is 512 g/mol. The number of hydrazone groups is 2. The smallest absolute Gasteiger partial charge is 0.240 e. The van der Waals surface area contributed by atoms with Gasteiger partial charge in [0, 0.05) is 24.0 Å². The standard InChI is InChI=1S/C24H40N4O2S3/c1-5-7-9-11-13-15-21(29)27-25-17-19-20(24(32-4)33-23(19)31-3)18-26-28-22(30)16-14-12-10-8-6-2/h17-18H,5-16H2,1-4H3,(H,27,29)(H,28,30)/b25-17-,26-18-. The van der Waals surface area contributed by atoms with Gasteiger partial charge in [0.1, 0.15) is 0 Å². The predicted octanol–water partition coefficient (Wildman–Crippen LogP) is 6.81. The Morgan fingerprint density at radius 2 is 1.12 bits per heavy atom. The summed E-state index contributed by atoms with van der Waals surface area (Å²) in [6.07, 6.45) is 19.5. The molecular formula is C24H40N4O2S3. The topological polar surface area (TPSA) is 82.9 Å². The van der Waals surface area contributed by atoms with Gasteiger partial charge in [-0.2, -0.15) is 10.2 Å². The summed E-state index contributed by atoms with van der Waals surface area (Å²) in [6, 6.07) is 0. The highest BCUT2D eigenvalue weighted by atomic mass is 32.2. The highest BCUT2D eigenvalue weighted by Crippen LogP contribution is 2.38. The van der Waals surface area contributed by atoms with Gasteiger partial charge in [-0.15, -0.1) is 34.9 Å². The molecule has 186 valence electrons. The summed E-state index contributed by atoms with van der Waals surface area (Å²) >= 11 is 4.94. The molecule has 0 saturated heterocycles. The fourth-order valence-corrected chi connectivity index (χ4v) is 5.99. The number of carbonyl (C=O) groups is 2. The molecular weight excluding hydrogens is 472 g/mol. The van der Waals surface area contributed by atoms with E-state index < -0.39 is 0 Å². The number of amides is 2. The second-order valence-electron chi connectivity index (χ2n) is 7.83. The maximum Gasteiger partial charge on any atom is 0.240 e. The summed E-state index contributed by atoms with van der Waals surface area (Å²) in [7, 11) is 0. The Kier molecular flexibility index (Phi) is 17.1. The maximum absolute atomic E-state index is 12.1. The lowest BCUT2D eigenvalue weighted by molar-refractivity contribution is -0.122. The van der Waals surface area contributed by atoms with Crippen LogP contribution in [0, 0.1) is 0 Å². The SMILES string of the molecule is CCCCCCCC(=O)N/N=C\c1c(SC)sc(SC)c1/C=N\NC(=O)CCCCCCC. The Bertz CT molecular complexity index is 703. The Morgan fingerprint density at radius 3 is 1.48 bits per heavy atom. The Balaban J connectivity index is 2.66. The third kappa shape index (κ3) is 12.6. The number of thioether (sulfide) groups is 2. The van der Waals surface area contributed by atoms with Crippen molar-refractivity contribution in [1.82, 2.24) is 10.9 Å². The van der Waals surface area contributed by atoms with Gasteiger partial charge in [-0.25, -0.2) is 10.9 Å². The van der Waals surface area contributed by atoms with E-state index in [-0.39, 0.29) is 11.8 Å². The molecule has 1 rings (SSSR count). The van der Waals surface area contributed by atoms with Crippen LogP contribution < -0.4 is 10.9 Å². The van der Waals surface area contributed by atoms with Crippen molar-refractivity contribution in [3.8, 4) is 0 Å². The van der Waals surface area contributed by atoms with Crippen LogP contribution in [0.4, 0.5) is 0 Å². The molecule has 2 N–H and O–H groups in total. The Labute approximate surface area is 212 Å². The minimum atomic E-state index is -0.0600. The fourth-order valence-electron chi connectivity index (χ4n) is 3.19. The van der Waals surface area contributed by atoms with Gasteiger partial charge in [-0.1, -0.05) is 65.2 Å². The summed E-state index contributed by atoms with van der Waals surface area (Å²) in [5, 5.41) is 8.38. The number of hydrogen-bond acceptors (Lipinski definition) is 7. The van der Waals surface area contributed by atoms with Crippen molar-refractivity contribution in [2.75, 3.05) is 12.5 Å². The summed E-state index contributed by atoms with van der Waals surface area (Å²) < 4.78 is 2.20. The van der Waals surface area contributed by atoms with E-state index in [4.69, 9.17) is 0 Å². The first-order chi connectivity index (χ1) is 16.1.